The van der Waals surface area contributed by atoms with Crippen LogP contribution in [0.3, 0.4) is 0 Å². The molecule has 0 spiro atoms. The highest BCUT2D eigenvalue weighted by atomic mass is 32.2. The summed E-state index contributed by atoms with van der Waals surface area (Å²) in [4.78, 5) is 246. The number of thioether (sulfide) groups is 1. The number of carboxylic acid groups (broad SMARTS) is 1. The summed E-state index contributed by atoms with van der Waals surface area (Å²) >= 11 is 5.91. The van der Waals surface area contributed by atoms with Crippen molar-refractivity contribution in [2.75, 3.05) is 50.8 Å². The first kappa shape index (κ1) is 88.2. The van der Waals surface area contributed by atoms with E-state index in [-0.39, 0.29) is 80.2 Å². The average Bonchev–Trinajstić information content (AvgIpc) is 1.52. The molecular weight excluding hydrogens is 1470 g/mol. The van der Waals surface area contributed by atoms with Crippen LogP contribution in [0, 0.1) is 5.92 Å². The number of nitrogens with zero attached hydrogens (tertiary/aromatic N) is 2. The third-order valence-electron chi connectivity index (χ3n) is 17.9. The van der Waals surface area contributed by atoms with Crippen molar-refractivity contribution in [2.24, 2.45) is 17.4 Å². The summed E-state index contributed by atoms with van der Waals surface area (Å²) in [5.41, 5.74) is 11.2. The van der Waals surface area contributed by atoms with Gasteiger partial charge < -0.3 is 115 Å². The number of aromatic hydroxyl groups is 1. The molecule has 0 aliphatic carbocycles. The number of phosphoric acid groups is 1. The second-order valence-corrected chi connectivity index (χ2v) is 29.0. The molecule has 0 unspecified atom stereocenters. The maximum absolute atomic E-state index is 14.6. The minimum absolute atomic E-state index is 0.0151. The molecule has 0 bridgehead atoms. The Morgan fingerprint density at radius 3 is 1.80 bits per heavy atom. The van der Waals surface area contributed by atoms with Gasteiger partial charge >= 0.3 is 19.8 Å². The predicted molar refractivity (Wildman–Crippen MR) is 378 cm³/mol. The lowest BCUT2D eigenvalue weighted by atomic mass is 9.98. The number of amides is 17. The van der Waals surface area contributed by atoms with Gasteiger partial charge in [-0.1, -0.05) is 38.8 Å². The molecule has 1 aromatic rings. The average molecular weight is 1570 g/mol. The van der Waals surface area contributed by atoms with Crippen LogP contribution in [0.15, 0.2) is 24.3 Å². The van der Waals surface area contributed by atoms with Crippen LogP contribution in [-0.2, 0) is 92.2 Å². The summed E-state index contributed by atoms with van der Waals surface area (Å²) in [6, 6.07) is -11.3. The van der Waals surface area contributed by atoms with E-state index in [0.29, 0.717) is 24.8 Å². The van der Waals surface area contributed by atoms with Crippen molar-refractivity contribution in [1.82, 2.24) is 78.9 Å². The molecule has 4 aliphatic heterocycles. The summed E-state index contributed by atoms with van der Waals surface area (Å²) in [6.07, 6.45) is -2.18. The first-order valence-corrected chi connectivity index (χ1v) is 37.7. The van der Waals surface area contributed by atoms with Gasteiger partial charge in [-0.25, -0.2) is 9.36 Å². The fraction of sp³-hybridized carbons (Fsp3) is 0.635. The van der Waals surface area contributed by atoms with Crippen molar-refractivity contribution in [3.8, 4) is 5.75 Å². The highest BCUT2D eigenvalue weighted by molar-refractivity contribution is 8.00. The van der Waals surface area contributed by atoms with Crippen molar-refractivity contribution < 1.29 is 116 Å². The zero-order valence-corrected chi connectivity index (χ0v) is 61.8. The Morgan fingerprint density at radius 2 is 1.21 bits per heavy atom. The van der Waals surface area contributed by atoms with E-state index in [1.807, 2.05) is 0 Å². The number of carbonyl (C=O) groups is 17. The quantitative estimate of drug-likeness (QED) is 0.0125. The molecule has 4 saturated heterocycles. The summed E-state index contributed by atoms with van der Waals surface area (Å²) in [6.45, 7) is 2.18. The number of likely N-dealkylation sites (tertiary alicyclic amines) is 2. The second kappa shape index (κ2) is 42.2. The van der Waals surface area contributed by atoms with Gasteiger partial charge in [0.25, 0.3) is 0 Å². The zero-order chi connectivity index (χ0) is 79.6. The van der Waals surface area contributed by atoms with E-state index in [9.17, 15) is 111 Å². The molecule has 0 aromatic heterocycles. The first-order chi connectivity index (χ1) is 50.4. The van der Waals surface area contributed by atoms with E-state index >= 15 is 0 Å². The van der Waals surface area contributed by atoms with Crippen molar-refractivity contribution >= 4 is 133 Å². The van der Waals surface area contributed by atoms with Gasteiger partial charge in [-0.05, 0) is 82.4 Å². The van der Waals surface area contributed by atoms with Crippen molar-refractivity contribution in [2.45, 2.75) is 195 Å². The maximum atomic E-state index is 14.6. The number of carboxylic acids is 1. The number of aliphatic hydroxyl groups excluding tert-OH is 1. The zero-order valence-electron chi connectivity index (χ0n) is 59.2. The van der Waals surface area contributed by atoms with Crippen LogP contribution in [0.1, 0.15) is 110 Å². The summed E-state index contributed by atoms with van der Waals surface area (Å²) in [5.74, 6) is -16.6. The normalized spacial score (nSPS) is 20.1. The van der Waals surface area contributed by atoms with Gasteiger partial charge in [-0.15, -0.1) is 0 Å². The number of urea groups is 1. The maximum Gasteiger partial charge on any atom is 0.469 e. The molecule has 5 rings (SSSR count). The molecule has 0 saturated carbocycles. The van der Waals surface area contributed by atoms with E-state index in [4.69, 9.17) is 11.5 Å². The third kappa shape index (κ3) is 28.3. The number of nitrogens with two attached hydrogens (primary N) is 2. The number of hydrogen-bond donors (Lipinski definition) is 21. The van der Waals surface area contributed by atoms with Crippen LogP contribution < -0.4 is 80.6 Å². The van der Waals surface area contributed by atoms with Crippen LogP contribution in [-0.4, -0.2) is 270 Å². The van der Waals surface area contributed by atoms with E-state index < -0.39 is 227 Å². The number of thiol groups is 1. The Hall–Kier alpha value is -9.42. The number of fused-ring (bicyclic) bond motifs is 1. The van der Waals surface area contributed by atoms with E-state index in [1.165, 1.54) is 31.2 Å². The largest absolute Gasteiger partial charge is 0.508 e. The molecular formula is C63H96N17O24PS2. The Morgan fingerprint density at radius 1 is 0.654 bits per heavy atom. The van der Waals surface area contributed by atoms with Gasteiger partial charge in [-0.2, -0.15) is 24.4 Å². The van der Waals surface area contributed by atoms with E-state index in [0.717, 1.165) is 28.9 Å². The lowest BCUT2D eigenvalue weighted by Gasteiger charge is -2.32. The SMILES string of the molecule is CC[C@H](C)[C@H](NC(=O)CNC(=O)[C@H](C)NC(=O)[C@@H](NC(=O)[C@@H]1CCCN1C(=O)[C@H](COP(=O)(O)O)NC(=O)[C@@H]1CCCN1C(=O)[C@H](CC(N)=O)NC(=O)[C@H](CCC(=O)O)NC(=O)[C@H](Cc1ccc(O)cc1)NC(=O)[C@H](CS)NC(=O)CNC(=O)CNC(=O)CCCC[C@@H]1SC[C@@H]2NC(=O)N[C@@H]21)[C@@H](C)O)C(N)=O. The molecule has 17 amide bonds. The molecule has 44 heteroatoms. The van der Waals surface area contributed by atoms with Gasteiger partial charge in [0.2, 0.25) is 88.6 Å². The van der Waals surface area contributed by atoms with E-state index in [2.05, 4.69) is 86.3 Å². The number of aliphatic hydroxyl groups is 1. The molecule has 41 nitrogen and oxygen atoms in total. The minimum atomic E-state index is -5.44. The number of aliphatic carboxylic acids is 1. The van der Waals surface area contributed by atoms with Crippen LogP contribution in [0.4, 0.5) is 4.79 Å². The molecule has 4 heterocycles. The Labute approximate surface area is 623 Å². The summed E-state index contributed by atoms with van der Waals surface area (Å²) in [5, 5.41) is 62.2. The summed E-state index contributed by atoms with van der Waals surface area (Å²) in [7, 11) is -5.44. The topological polar surface area (TPSA) is 633 Å². The smallest absolute Gasteiger partial charge is 0.469 e. The molecule has 107 heavy (non-hydrogen) atoms. The predicted octanol–water partition coefficient (Wildman–Crippen LogP) is -7.42. The number of benzene rings is 1. The van der Waals surface area contributed by atoms with Crippen molar-refractivity contribution in [3.63, 3.8) is 0 Å². The summed E-state index contributed by atoms with van der Waals surface area (Å²) < 4.78 is 16.7. The lowest BCUT2D eigenvalue weighted by molar-refractivity contribution is -0.146. The number of hydrogen-bond acceptors (Lipinski definition) is 23. The molecule has 1 aromatic carbocycles. The van der Waals surface area contributed by atoms with Gasteiger partial charge in [0.05, 0.1) is 50.8 Å². The highest BCUT2D eigenvalue weighted by Crippen LogP contribution is 2.36. The van der Waals surface area contributed by atoms with Crippen LogP contribution >= 0.6 is 32.2 Å². The molecule has 4 fully saturated rings. The molecule has 594 valence electrons. The molecule has 4 aliphatic rings. The van der Waals surface area contributed by atoms with Crippen LogP contribution in [0.2, 0.25) is 0 Å². The Bertz CT molecular complexity index is 3490. The fourth-order valence-electron chi connectivity index (χ4n) is 12.0. The molecule has 15 atom stereocenters. The number of unbranched alkanes of at least 4 members (excludes halogenated alkanes) is 1. The van der Waals surface area contributed by atoms with Gasteiger partial charge in [0.1, 0.15) is 66.2 Å². The van der Waals surface area contributed by atoms with Crippen LogP contribution in [0.5, 0.6) is 5.75 Å². The van der Waals surface area contributed by atoms with E-state index in [1.54, 1.807) is 25.6 Å². The fourth-order valence-corrected chi connectivity index (χ4v) is 14.1. The minimum Gasteiger partial charge on any atom is -0.508 e. The lowest BCUT2D eigenvalue weighted by Crippen LogP contribution is -2.61. The van der Waals surface area contributed by atoms with Gasteiger partial charge in [-0.3, -0.25) is 81.2 Å². The number of phosphoric ester groups is 1. The number of carbonyl (C=O) groups excluding carboxylic acids is 16. The second-order valence-electron chi connectivity index (χ2n) is 26.1. The Balaban J connectivity index is 1.23. The molecule has 22 N–H and O–H groups in total. The van der Waals surface area contributed by atoms with Gasteiger partial charge in [0, 0.05) is 49.1 Å². The van der Waals surface area contributed by atoms with Crippen molar-refractivity contribution in [1.29, 1.82) is 0 Å². The first-order valence-electron chi connectivity index (χ1n) is 34.5. The number of primary amides is 2. The van der Waals surface area contributed by atoms with Crippen LogP contribution in [0.25, 0.3) is 0 Å². The third-order valence-corrected chi connectivity index (χ3v) is 20.3. The number of rotatable bonds is 43. The molecule has 0 radical (unpaired) electrons. The standard InChI is InChI=1S/C63H96N17O24PS2/c1-5-30(2)50(53(65)90)76-48(87)26-68-54(91)31(3)69-60(97)51(32(4)81)77-59(96)42-11-9-21-80(42)62(99)38(27-104-105(101,102)103)74-58(95)41-10-8-20-79(41)61(98)37(23-44(64)83)73-55(92)35(18-19-49(88)89)71-56(93)36(22-33-14-16-34(82)17-15-33)72-57(94)39(28-106)70-47(86)25-67-46(85)24-66-45(84)13-7-6-12-43-52-40(29-107-43)75-63(100)78-52/h14-17,30-32,35-43,50-52,81-82,106H,5-13,18-29H2,1-4H3,(H2,64,83)(H2,65,90)(H,66,84)(H,67,85)(H,68,91)(H,69,97)(H,70,86)(H,71,93)(H,72,94)(H,73,92)(H,74,95)(H,76,87)(H,77,96)(H,88,89)(H2,75,78,100)(H2,101,102,103)/t30-,31-,32+,35-,36-,37-,38-,39-,40-,41-,42-,43-,50-,51-,52-/m0/s1. The highest BCUT2D eigenvalue weighted by Gasteiger charge is 2.46. The number of phenolic OH excluding ortho intramolecular Hbond substituents is 1. The number of nitrogens with one attached hydrogen (secondary N) is 13. The monoisotopic (exact) mass is 1570 g/mol. The number of phenols is 1. The van der Waals surface area contributed by atoms with Gasteiger partial charge in [0.15, 0.2) is 0 Å². The Kier molecular flexibility index (Phi) is 34.8. The van der Waals surface area contributed by atoms with Crippen molar-refractivity contribution in [3.05, 3.63) is 29.8 Å².